The largest absolute Gasteiger partial charge is 0.462 e. The second-order valence-corrected chi connectivity index (χ2v) is 4.02. The monoisotopic (exact) mass is 262 g/mol. The van der Waals surface area contributed by atoms with Crippen LogP contribution in [0.1, 0.15) is 31.9 Å². The molecule has 0 amide bonds. The number of ether oxygens (including phenoxy) is 2. The lowest BCUT2D eigenvalue weighted by Gasteiger charge is -2.15. The van der Waals surface area contributed by atoms with Gasteiger partial charge in [0.25, 0.3) is 0 Å². The van der Waals surface area contributed by atoms with Gasteiger partial charge in [0.05, 0.1) is 0 Å². The number of carbonyl (C=O) groups excluding carboxylic acids is 2. The predicted molar refractivity (Wildman–Crippen MR) is 71.3 cm³/mol. The third-order valence-electron chi connectivity index (χ3n) is 2.38. The Morgan fingerprint density at radius 2 is 1.79 bits per heavy atom. The van der Waals surface area contributed by atoms with Crippen LogP contribution < -0.4 is 0 Å². The van der Waals surface area contributed by atoms with E-state index in [0.29, 0.717) is 6.42 Å². The van der Waals surface area contributed by atoms with Crippen molar-refractivity contribution < 1.29 is 19.1 Å². The Morgan fingerprint density at radius 1 is 1.11 bits per heavy atom. The van der Waals surface area contributed by atoms with Crippen molar-refractivity contribution in [3.63, 3.8) is 0 Å². The van der Waals surface area contributed by atoms with Gasteiger partial charge in [-0.05, 0) is 5.56 Å². The molecule has 0 N–H and O–H groups in total. The first-order valence-corrected chi connectivity index (χ1v) is 6.10. The molecule has 0 spiro atoms. The molecule has 1 atom stereocenters. The lowest BCUT2D eigenvalue weighted by Crippen LogP contribution is -2.07. The van der Waals surface area contributed by atoms with Gasteiger partial charge in [-0.1, -0.05) is 42.5 Å². The molecule has 1 rings (SSSR count). The van der Waals surface area contributed by atoms with Gasteiger partial charge in [0, 0.05) is 20.3 Å². The summed E-state index contributed by atoms with van der Waals surface area (Å²) in [6, 6.07) is 9.52. The summed E-state index contributed by atoms with van der Waals surface area (Å²) in [6.45, 7) is 2.98. The summed E-state index contributed by atoms with van der Waals surface area (Å²) >= 11 is 0. The van der Waals surface area contributed by atoms with Gasteiger partial charge in [-0.25, -0.2) is 0 Å². The molecule has 0 fully saturated rings. The van der Waals surface area contributed by atoms with Gasteiger partial charge < -0.3 is 9.47 Å². The Kier molecular flexibility index (Phi) is 6.36. The molecule has 102 valence electrons. The van der Waals surface area contributed by atoms with Crippen LogP contribution in [0.5, 0.6) is 0 Å². The Hall–Kier alpha value is -2.10. The van der Waals surface area contributed by atoms with E-state index < -0.39 is 0 Å². The maximum absolute atomic E-state index is 11.1. The molecule has 0 bridgehead atoms. The summed E-state index contributed by atoms with van der Waals surface area (Å²) in [6.07, 6.45) is 3.81. The number of benzene rings is 1. The zero-order chi connectivity index (χ0) is 14.1. The molecule has 1 unspecified atom stereocenters. The highest BCUT2D eigenvalue weighted by molar-refractivity contribution is 5.66. The first-order valence-electron chi connectivity index (χ1n) is 6.10. The zero-order valence-electron chi connectivity index (χ0n) is 11.2. The Bertz CT molecular complexity index is 437. The fourth-order valence-corrected chi connectivity index (χ4v) is 1.57. The molecule has 4 nitrogen and oxygen atoms in total. The highest BCUT2D eigenvalue weighted by Crippen LogP contribution is 2.21. The number of carbonyl (C=O) groups is 2. The minimum Gasteiger partial charge on any atom is -0.462 e. The van der Waals surface area contributed by atoms with Gasteiger partial charge in [0.15, 0.2) is 0 Å². The Labute approximate surface area is 113 Å². The van der Waals surface area contributed by atoms with Crippen molar-refractivity contribution in [2.75, 3.05) is 6.61 Å². The normalized spacial score (nSPS) is 12.1. The molecule has 0 aliphatic carbocycles. The third-order valence-corrected chi connectivity index (χ3v) is 2.38. The van der Waals surface area contributed by atoms with Gasteiger partial charge in [-0.2, -0.15) is 0 Å². The number of hydrogen-bond donors (Lipinski definition) is 0. The Morgan fingerprint density at radius 3 is 2.37 bits per heavy atom. The first kappa shape index (κ1) is 15.0. The van der Waals surface area contributed by atoms with E-state index in [1.54, 1.807) is 6.08 Å². The quantitative estimate of drug-likeness (QED) is 0.584. The standard InChI is InChI=1S/C15H18O4/c1-12(16)18-11-7-6-10-15(19-13(2)17)14-8-4-3-5-9-14/h3-9,15H,10-11H2,1-2H3/b7-6-. The van der Waals surface area contributed by atoms with Gasteiger partial charge in [0.1, 0.15) is 12.7 Å². The minimum atomic E-state index is -0.317. The molecule has 0 radical (unpaired) electrons. The molecular formula is C15H18O4. The van der Waals surface area contributed by atoms with E-state index in [1.807, 2.05) is 36.4 Å². The summed E-state index contributed by atoms with van der Waals surface area (Å²) in [5, 5.41) is 0. The van der Waals surface area contributed by atoms with Crippen LogP contribution in [0.25, 0.3) is 0 Å². The van der Waals surface area contributed by atoms with E-state index >= 15 is 0 Å². The van der Waals surface area contributed by atoms with Crippen molar-refractivity contribution in [3.8, 4) is 0 Å². The molecule has 0 aromatic heterocycles. The van der Waals surface area contributed by atoms with Crippen LogP contribution in [0.15, 0.2) is 42.5 Å². The van der Waals surface area contributed by atoms with Crippen molar-refractivity contribution in [2.24, 2.45) is 0 Å². The smallest absolute Gasteiger partial charge is 0.303 e. The third kappa shape index (κ3) is 6.41. The molecule has 0 heterocycles. The lowest BCUT2D eigenvalue weighted by molar-refractivity contribution is -0.146. The van der Waals surface area contributed by atoms with Crippen LogP contribution in [0.2, 0.25) is 0 Å². The molecule has 0 aliphatic rings. The van der Waals surface area contributed by atoms with Crippen molar-refractivity contribution >= 4 is 11.9 Å². The van der Waals surface area contributed by atoms with Gasteiger partial charge in [0.2, 0.25) is 0 Å². The van der Waals surface area contributed by atoms with Crippen LogP contribution in [-0.2, 0) is 19.1 Å². The second-order valence-electron chi connectivity index (χ2n) is 4.02. The van der Waals surface area contributed by atoms with Gasteiger partial charge >= 0.3 is 11.9 Å². The van der Waals surface area contributed by atoms with E-state index in [1.165, 1.54) is 13.8 Å². The SMILES string of the molecule is CC(=O)OC/C=C\CC(OC(C)=O)c1ccccc1. The van der Waals surface area contributed by atoms with Crippen LogP contribution in [0, 0.1) is 0 Å². The predicted octanol–water partition coefficient (Wildman–Crippen LogP) is 2.80. The minimum absolute atomic E-state index is 0.233. The zero-order valence-corrected chi connectivity index (χ0v) is 11.2. The first-order chi connectivity index (χ1) is 9.09. The van der Waals surface area contributed by atoms with Gasteiger partial charge in [-0.15, -0.1) is 0 Å². The number of hydrogen-bond acceptors (Lipinski definition) is 4. The highest BCUT2D eigenvalue weighted by Gasteiger charge is 2.12. The van der Waals surface area contributed by atoms with Crippen molar-refractivity contribution in [2.45, 2.75) is 26.4 Å². The molecule has 19 heavy (non-hydrogen) atoms. The highest BCUT2D eigenvalue weighted by atomic mass is 16.5. The summed E-state index contributed by atoms with van der Waals surface area (Å²) in [7, 11) is 0. The summed E-state index contributed by atoms with van der Waals surface area (Å²) in [5.74, 6) is -0.633. The molecule has 0 saturated heterocycles. The van der Waals surface area contributed by atoms with Crippen LogP contribution in [0.3, 0.4) is 0 Å². The fourth-order valence-electron chi connectivity index (χ4n) is 1.57. The molecular weight excluding hydrogens is 244 g/mol. The van der Waals surface area contributed by atoms with E-state index in [4.69, 9.17) is 9.47 Å². The Balaban J connectivity index is 2.56. The lowest BCUT2D eigenvalue weighted by atomic mass is 10.1. The van der Waals surface area contributed by atoms with E-state index in [-0.39, 0.29) is 24.6 Å². The van der Waals surface area contributed by atoms with Gasteiger partial charge in [-0.3, -0.25) is 9.59 Å². The maximum Gasteiger partial charge on any atom is 0.303 e. The molecule has 1 aromatic carbocycles. The van der Waals surface area contributed by atoms with E-state index in [9.17, 15) is 9.59 Å². The van der Waals surface area contributed by atoms with Crippen molar-refractivity contribution in [3.05, 3.63) is 48.0 Å². The maximum atomic E-state index is 11.1. The average Bonchev–Trinajstić information content (AvgIpc) is 2.37. The number of rotatable bonds is 6. The van der Waals surface area contributed by atoms with Crippen LogP contribution in [-0.4, -0.2) is 18.5 Å². The summed E-state index contributed by atoms with van der Waals surface area (Å²) in [4.78, 5) is 21.7. The molecule has 4 heteroatoms. The van der Waals surface area contributed by atoms with E-state index in [2.05, 4.69) is 0 Å². The van der Waals surface area contributed by atoms with Crippen LogP contribution in [0.4, 0.5) is 0 Å². The number of esters is 2. The fraction of sp³-hybridized carbons (Fsp3) is 0.333. The average molecular weight is 262 g/mol. The van der Waals surface area contributed by atoms with Crippen LogP contribution >= 0.6 is 0 Å². The molecule has 1 aromatic rings. The summed E-state index contributed by atoms with van der Waals surface area (Å²) in [5.41, 5.74) is 0.940. The second kappa shape index (κ2) is 8.08. The topological polar surface area (TPSA) is 52.6 Å². The van der Waals surface area contributed by atoms with E-state index in [0.717, 1.165) is 5.56 Å². The summed E-state index contributed by atoms with van der Waals surface area (Å²) < 4.78 is 10.0. The van der Waals surface area contributed by atoms with Crippen molar-refractivity contribution in [1.82, 2.24) is 0 Å². The molecule has 0 saturated carbocycles. The van der Waals surface area contributed by atoms with Crippen molar-refractivity contribution in [1.29, 1.82) is 0 Å². The molecule has 0 aliphatic heterocycles.